The van der Waals surface area contributed by atoms with Crippen molar-refractivity contribution in [2.45, 2.75) is 31.4 Å². The van der Waals surface area contributed by atoms with E-state index in [-0.39, 0.29) is 13.0 Å². The number of carboxylic acid groups (broad SMARTS) is 1. The van der Waals surface area contributed by atoms with Crippen LogP contribution < -0.4 is 11.5 Å². The number of rotatable bonds is 8. The van der Waals surface area contributed by atoms with E-state index in [1.165, 1.54) is 0 Å². The number of ether oxygens (including phenoxy) is 1. The average molecular weight is 315 g/mol. The van der Waals surface area contributed by atoms with Crippen molar-refractivity contribution >= 4 is 23.5 Å². The topological polar surface area (TPSA) is 116 Å². The lowest BCUT2D eigenvalue weighted by Gasteiger charge is -2.22. The van der Waals surface area contributed by atoms with E-state index in [4.69, 9.17) is 27.8 Å². The Morgan fingerprint density at radius 2 is 1.95 bits per heavy atom. The summed E-state index contributed by atoms with van der Waals surface area (Å²) in [6, 6.07) is 6.82. The summed E-state index contributed by atoms with van der Waals surface area (Å²) < 4.78 is 5.01. The van der Waals surface area contributed by atoms with Crippen LogP contribution in [0.5, 0.6) is 0 Å². The summed E-state index contributed by atoms with van der Waals surface area (Å²) in [4.78, 5) is 23.2. The number of carbonyl (C=O) groups is 2. The van der Waals surface area contributed by atoms with E-state index in [0.717, 1.165) is 0 Å². The Labute approximate surface area is 128 Å². The number of hydrogen-bond donors (Lipinski definition) is 3. The van der Waals surface area contributed by atoms with Crippen LogP contribution in [0, 0.1) is 0 Å². The molecule has 0 bridgehead atoms. The van der Waals surface area contributed by atoms with Crippen LogP contribution in [-0.2, 0) is 20.9 Å². The minimum atomic E-state index is -2.06. The molecule has 6 nitrogen and oxygen atoms in total. The number of benzene rings is 1. The fourth-order valence-corrected chi connectivity index (χ4v) is 1.92. The first-order valence-electron chi connectivity index (χ1n) is 6.55. The van der Waals surface area contributed by atoms with E-state index in [2.05, 4.69) is 0 Å². The molecule has 0 heterocycles. The monoisotopic (exact) mass is 314 g/mol. The summed E-state index contributed by atoms with van der Waals surface area (Å²) in [6.45, 7) is 0.284. The zero-order chi connectivity index (χ0) is 15.9. The molecule has 0 radical (unpaired) electrons. The zero-order valence-electron chi connectivity index (χ0n) is 11.5. The maximum absolute atomic E-state index is 12.0. The summed E-state index contributed by atoms with van der Waals surface area (Å²) in [5, 5.41) is 9.61. The van der Waals surface area contributed by atoms with Crippen molar-refractivity contribution in [1.82, 2.24) is 0 Å². The van der Waals surface area contributed by atoms with Crippen LogP contribution in [0.1, 0.15) is 24.8 Å². The lowest BCUT2D eigenvalue weighted by molar-refractivity contribution is -0.162. The van der Waals surface area contributed by atoms with Crippen LogP contribution in [0.3, 0.4) is 0 Å². The first kappa shape index (κ1) is 17.4. The summed E-state index contributed by atoms with van der Waals surface area (Å²) in [5.41, 5.74) is 9.55. The van der Waals surface area contributed by atoms with Gasteiger partial charge in [0, 0.05) is 10.6 Å². The van der Waals surface area contributed by atoms with Gasteiger partial charge in [0.25, 0.3) is 0 Å². The molecule has 21 heavy (non-hydrogen) atoms. The van der Waals surface area contributed by atoms with Crippen molar-refractivity contribution in [3.8, 4) is 0 Å². The van der Waals surface area contributed by atoms with Crippen LogP contribution >= 0.6 is 11.6 Å². The number of carboxylic acids is 1. The molecule has 1 rings (SSSR count). The van der Waals surface area contributed by atoms with Crippen molar-refractivity contribution in [1.29, 1.82) is 0 Å². The lowest BCUT2D eigenvalue weighted by Crippen LogP contribution is -2.55. The second kappa shape index (κ2) is 7.97. The second-order valence-corrected chi connectivity index (χ2v) is 5.10. The first-order chi connectivity index (χ1) is 9.91. The Morgan fingerprint density at radius 1 is 1.29 bits per heavy atom. The highest BCUT2D eigenvalue weighted by Gasteiger charge is 2.43. The van der Waals surface area contributed by atoms with Gasteiger partial charge in [0.1, 0.15) is 6.61 Å². The molecule has 0 aliphatic rings. The Kier molecular flexibility index (Phi) is 6.61. The van der Waals surface area contributed by atoms with Crippen molar-refractivity contribution in [3.63, 3.8) is 0 Å². The third kappa shape index (κ3) is 4.70. The molecule has 0 aromatic heterocycles. The zero-order valence-corrected chi connectivity index (χ0v) is 12.3. The van der Waals surface area contributed by atoms with Gasteiger partial charge >= 0.3 is 11.9 Å². The predicted molar refractivity (Wildman–Crippen MR) is 78.7 cm³/mol. The van der Waals surface area contributed by atoms with Gasteiger partial charge in [-0.1, -0.05) is 29.8 Å². The van der Waals surface area contributed by atoms with E-state index < -0.39 is 17.5 Å². The van der Waals surface area contributed by atoms with Gasteiger partial charge in [-0.25, -0.2) is 9.59 Å². The smallest absolute Gasteiger partial charge is 0.338 e. The molecule has 1 atom stereocenters. The van der Waals surface area contributed by atoms with Gasteiger partial charge in [-0.05, 0) is 31.9 Å². The number of carbonyl (C=O) groups excluding carboxylic acids is 1. The molecule has 1 aromatic rings. The molecule has 0 saturated carbocycles. The van der Waals surface area contributed by atoms with Crippen LogP contribution in [0.4, 0.5) is 0 Å². The molecule has 0 spiro atoms. The highest BCUT2D eigenvalue weighted by molar-refractivity contribution is 6.31. The fourth-order valence-electron chi connectivity index (χ4n) is 1.73. The van der Waals surface area contributed by atoms with E-state index >= 15 is 0 Å². The molecule has 0 aliphatic carbocycles. The maximum atomic E-state index is 12.0. The molecule has 0 unspecified atom stereocenters. The van der Waals surface area contributed by atoms with E-state index in [0.29, 0.717) is 30.0 Å². The normalized spacial score (nSPS) is 13.5. The van der Waals surface area contributed by atoms with E-state index in [9.17, 15) is 14.7 Å². The van der Waals surface area contributed by atoms with Crippen molar-refractivity contribution in [2.75, 3.05) is 6.54 Å². The number of esters is 1. The Bertz CT molecular complexity index is 510. The second-order valence-electron chi connectivity index (χ2n) is 4.69. The molecule has 5 N–H and O–H groups in total. The molecule has 7 heteroatoms. The van der Waals surface area contributed by atoms with Gasteiger partial charge in [-0.3, -0.25) is 0 Å². The predicted octanol–water partition coefficient (Wildman–Crippen LogP) is 1.29. The highest BCUT2D eigenvalue weighted by atomic mass is 35.5. The quantitative estimate of drug-likeness (QED) is 0.378. The van der Waals surface area contributed by atoms with Crippen LogP contribution in [-0.4, -0.2) is 29.1 Å². The number of aliphatic carboxylic acids is 1. The van der Waals surface area contributed by atoms with Crippen LogP contribution in [0.15, 0.2) is 24.3 Å². The Balaban J connectivity index is 2.69. The van der Waals surface area contributed by atoms with E-state index in [1.807, 2.05) is 0 Å². The third-order valence-electron chi connectivity index (χ3n) is 3.09. The molecule has 0 saturated heterocycles. The van der Waals surface area contributed by atoms with E-state index in [1.54, 1.807) is 24.3 Å². The van der Waals surface area contributed by atoms with Gasteiger partial charge < -0.3 is 21.3 Å². The minimum absolute atomic E-state index is 0.0269. The summed E-state index contributed by atoms with van der Waals surface area (Å²) in [6.07, 6.45) is 0.991. The van der Waals surface area contributed by atoms with Gasteiger partial charge in [-0.15, -0.1) is 0 Å². The number of hydrogen-bond acceptors (Lipinski definition) is 5. The summed E-state index contributed by atoms with van der Waals surface area (Å²) in [7, 11) is 0. The van der Waals surface area contributed by atoms with Crippen molar-refractivity contribution in [3.05, 3.63) is 34.9 Å². The molecule has 0 amide bonds. The number of halogens is 1. The summed E-state index contributed by atoms with van der Waals surface area (Å²) in [5.74, 6) is -2.39. The van der Waals surface area contributed by atoms with Crippen molar-refractivity contribution < 1.29 is 19.4 Å². The minimum Gasteiger partial charge on any atom is -0.479 e. The highest BCUT2D eigenvalue weighted by Crippen LogP contribution is 2.19. The van der Waals surface area contributed by atoms with Crippen molar-refractivity contribution in [2.24, 2.45) is 11.5 Å². The SMILES string of the molecule is NCCCC[C@](N)(C(=O)O)C(=O)OCc1ccccc1Cl. The van der Waals surface area contributed by atoms with Gasteiger partial charge in [0.05, 0.1) is 0 Å². The van der Waals surface area contributed by atoms with Gasteiger partial charge in [0.2, 0.25) is 5.54 Å². The fraction of sp³-hybridized carbons (Fsp3) is 0.429. The van der Waals surface area contributed by atoms with Crippen LogP contribution in [0.25, 0.3) is 0 Å². The van der Waals surface area contributed by atoms with Gasteiger partial charge in [-0.2, -0.15) is 0 Å². The molecule has 0 aliphatic heterocycles. The maximum Gasteiger partial charge on any atom is 0.338 e. The summed E-state index contributed by atoms with van der Waals surface area (Å²) >= 11 is 5.93. The molecular formula is C14H19ClN2O4. The molecule has 1 aromatic carbocycles. The van der Waals surface area contributed by atoms with Crippen LogP contribution in [0.2, 0.25) is 5.02 Å². The first-order valence-corrected chi connectivity index (χ1v) is 6.92. The van der Waals surface area contributed by atoms with Gasteiger partial charge in [0.15, 0.2) is 0 Å². The molecule has 116 valence electrons. The average Bonchev–Trinajstić information content (AvgIpc) is 2.46. The number of unbranched alkanes of at least 4 members (excludes halogenated alkanes) is 1. The molecule has 0 fully saturated rings. The lowest BCUT2D eigenvalue weighted by atomic mass is 9.94. The largest absolute Gasteiger partial charge is 0.479 e. The molecular weight excluding hydrogens is 296 g/mol. The third-order valence-corrected chi connectivity index (χ3v) is 3.46. The standard InChI is InChI=1S/C14H19ClN2O4/c15-11-6-2-1-5-10(11)9-21-13(20)14(17,12(18)19)7-3-4-8-16/h1-2,5-6H,3-4,7-9,16-17H2,(H,18,19)/t14-/m0/s1. The Hall–Kier alpha value is -1.63. The Morgan fingerprint density at radius 3 is 2.52 bits per heavy atom. The number of nitrogens with two attached hydrogens (primary N) is 2.